The van der Waals surface area contributed by atoms with E-state index in [4.69, 9.17) is 16.2 Å². The van der Waals surface area contributed by atoms with Gasteiger partial charge in [-0.15, -0.1) is 0 Å². The van der Waals surface area contributed by atoms with E-state index in [0.29, 0.717) is 11.6 Å². The quantitative estimate of drug-likeness (QED) is 0.864. The average molecular weight is 258 g/mol. The first-order valence-corrected chi connectivity index (χ1v) is 6.03. The van der Waals surface area contributed by atoms with Gasteiger partial charge in [-0.05, 0) is 23.1 Å². The van der Waals surface area contributed by atoms with Gasteiger partial charge >= 0.3 is 0 Å². The van der Waals surface area contributed by atoms with Gasteiger partial charge in [0.2, 0.25) is 11.8 Å². The molecule has 0 amide bonds. The molecule has 0 saturated heterocycles. The topological polar surface area (TPSA) is 87.0 Å². The molecule has 0 saturated carbocycles. The van der Waals surface area contributed by atoms with Crippen LogP contribution < -0.4 is 16.2 Å². The molecule has 2 aromatic rings. The first kappa shape index (κ1) is 13.1. The lowest BCUT2D eigenvalue weighted by atomic mass is 9.87. The van der Waals surface area contributed by atoms with Gasteiger partial charge < -0.3 is 16.2 Å². The Morgan fingerprint density at radius 3 is 2.42 bits per heavy atom. The Morgan fingerprint density at radius 2 is 1.79 bits per heavy atom. The van der Waals surface area contributed by atoms with E-state index in [9.17, 15) is 0 Å². The van der Waals surface area contributed by atoms with Crippen molar-refractivity contribution in [2.45, 2.75) is 26.2 Å². The summed E-state index contributed by atoms with van der Waals surface area (Å²) in [4.78, 5) is 7.78. The molecular formula is C14H18N4O. The molecule has 0 unspecified atom stereocenters. The fraction of sp³-hybridized carbons (Fsp3) is 0.286. The normalized spacial score (nSPS) is 11.3. The van der Waals surface area contributed by atoms with Crippen molar-refractivity contribution < 1.29 is 4.74 Å². The molecule has 0 aliphatic rings. The van der Waals surface area contributed by atoms with Crippen molar-refractivity contribution in [1.82, 2.24) is 9.97 Å². The summed E-state index contributed by atoms with van der Waals surface area (Å²) in [7, 11) is 0. The Balaban J connectivity index is 2.28. The first-order valence-electron chi connectivity index (χ1n) is 6.03. The predicted molar refractivity (Wildman–Crippen MR) is 76.1 cm³/mol. The molecule has 5 nitrogen and oxygen atoms in total. The summed E-state index contributed by atoms with van der Waals surface area (Å²) >= 11 is 0. The number of hydrogen-bond donors (Lipinski definition) is 2. The molecule has 4 N–H and O–H groups in total. The number of ether oxygens (including phenoxy) is 1. The Labute approximate surface area is 112 Å². The average Bonchev–Trinajstić information content (AvgIpc) is 2.26. The third-order valence-corrected chi connectivity index (χ3v) is 2.66. The summed E-state index contributed by atoms with van der Waals surface area (Å²) in [5, 5.41) is 0. The molecule has 19 heavy (non-hydrogen) atoms. The Kier molecular flexibility index (Phi) is 3.29. The fourth-order valence-electron chi connectivity index (χ4n) is 1.66. The van der Waals surface area contributed by atoms with E-state index in [2.05, 4.69) is 36.8 Å². The van der Waals surface area contributed by atoms with E-state index in [0.717, 1.165) is 0 Å². The number of benzene rings is 1. The number of anilines is 2. The number of hydrogen-bond acceptors (Lipinski definition) is 5. The van der Waals surface area contributed by atoms with E-state index in [-0.39, 0.29) is 17.2 Å². The predicted octanol–water partition coefficient (Wildman–Crippen LogP) is 2.73. The maximum atomic E-state index is 5.66. The van der Waals surface area contributed by atoms with Gasteiger partial charge in [0.25, 0.3) is 0 Å². The molecule has 0 aliphatic heterocycles. The minimum Gasteiger partial charge on any atom is -0.439 e. The summed E-state index contributed by atoms with van der Waals surface area (Å²) in [6.07, 6.45) is 0. The van der Waals surface area contributed by atoms with Crippen LogP contribution in [-0.2, 0) is 5.41 Å². The monoisotopic (exact) mass is 258 g/mol. The highest BCUT2D eigenvalue weighted by Gasteiger charge is 2.14. The number of aromatic nitrogens is 2. The second-order valence-corrected chi connectivity index (χ2v) is 5.37. The standard InChI is InChI=1S/C14H18N4O/c1-14(2,3)9-5-4-6-10(7-9)19-12-8-11(15)17-13(16)18-12/h4-8H,1-3H3,(H4,15,16,17,18). The van der Waals surface area contributed by atoms with Gasteiger partial charge in [-0.2, -0.15) is 9.97 Å². The highest BCUT2D eigenvalue weighted by atomic mass is 16.5. The fourth-order valence-corrected chi connectivity index (χ4v) is 1.66. The third kappa shape index (κ3) is 3.34. The van der Waals surface area contributed by atoms with E-state index in [1.165, 1.54) is 5.56 Å². The zero-order valence-corrected chi connectivity index (χ0v) is 11.3. The lowest BCUT2D eigenvalue weighted by molar-refractivity contribution is 0.460. The highest BCUT2D eigenvalue weighted by molar-refractivity contribution is 5.41. The van der Waals surface area contributed by atoms with Crippen LogP contribution in [0.2, 0.25) is 0 Å². The summed E-state index contributed by atoms with van der Waals surface area (Å²) < 4.78 is 5.66. The van der Waals surface area contributed by atoms with Crippen LogP contribution in [0.3, 0.4) is 0 Å². The minimum atomic E-state index is 0.0586. The molecule has 0 spiro atoms. The van der Waals surface area contributed by atoms with Crippen molar-refractivity contribution in [3.63, 3.8) is 0 Å². The molecule has 1 aromatic heterocycles. The maximum absolute atomic E-state index is 5.66. The van der Waals surface area contributed by atoms with Crippen molar-refractivity contribution in [3.05, 3.63) is 35.9 Å². The van der Waals surface area contributed by atoms with Crippen molar-refractivity contribution in [1.29, 1.82) is 0 Å². The van der Waals surface area contributed by atoms with Crippen molar-refractivity contribution in [2.24, 2.45) is 0 Å². The van der Waals surface area contributed by atoms with E-state index < -0.39 is 0 Å². The molecule has 0 fully saturated rings. The van der Waals surface area contributed by atoms with Gasteiger partial charge in [0.15, 0.2) is 0 Å². The number of nitrogens with zero attached hydrogens (tertiary/aromatic N) is 2. The van der Waals surface area contributed by atoms with Crippen LogP contribution in [0, 0.1) is 0 Å². The smallest absolute Gasteiger partial charge is 0.226 e. The van der Waals surface area contributed by atoms with Crippen LogP contribution in [0.25, 0.3) is 0 Å². The van der Waals surface area contributed by atoms with Crippen LogP contribution >= 0.6 is 0 Å². The maximum Gasteiger partial charge on any atom is 0.226 e. The summed E-state index contributed by atoms with van der Waals surface area (Å²) in [5.41, 5.74) is 12.4. The van der Waals surface area contributed by atoms with E-state index >= 15 is 0 Å². The van der Waals surface area contributed by atoms with Crippen LogP contribution in [0.1, 0.15) is 26.3 Å². The van der Waals surface area contributed by atoms with Crippen LogP contribution in [0.5, 0.6) is 11.6 Å². The largest absolute Gasteiger partial charge is 0.439 e. The number of nitrogen functional groups attached to an aromatic ring is 2. The lowest BCUT2D eigenvalue weighted by Gasteiger charge is -2.19. The van der Waals surface area contributed by atoms with Gasteiger partial charge in [-0.3, -0.25) is 0 Å². The molecule has 2 rings (SSSR count). The van der Waals surface area contributed by atoms with Crippen LogP contribution in [0.15, 0.2) is 30.3 Å². The third-order valence-electron chi connectivity index (χ3n) is 2.66. The summed E-state index contributed by atoms with van der Waals surface area (Å²) in [6.45, 7) is 6.44. The Bertz CT molecular complexity index is 570. The number of rotatable bonds is 2. The first-order chi connectivity index (χ1) is 8.84. The van der Waals surface area contributed by atoms with Gasteiger partial charge in [0, 0.05) is 6.07 Å². The molecule has 0 bridgehead atoms. The van der Waals surface area contributed by atoms with Gasteiger partial charge in [0.1, 0.15) is 11.6 Å². The van der Waals surface area contributed by atoms with E-state index in [1.54, 1.807) is 6.07 Å². The molecule has 1 aromatic carbocycles. The molecule has 5 heteroatoms. The Hall–Kier alpha value is -2.30. The van der Waals surface area contributed by atoms with Gasteiger partial charge in [-0.25, -0.2) is 0 Å². The molecular weight excluding hydrogens is 240 g/mol. The Morgan fingerprint density at radius 1 is 1.05 bits per heavy atom. The lowest BCUT2D eigenvalue weighted by Crippen LogP contribution is -2.10. The molecule has 0 aliphatic carbocycles. The van der Waals surface area contributed by atoms with Crippen molar-refractivity contribution >= 4 is 11.8 Å². The van der Waals surface area contributed by atoms with Crippen molar-refractivity contribution in [3.8, 4) is 11.6 Å². The molecule has 0 radical (unpaired) electrons. The second-order valence-electron chi connectivity index (χ2n) is 5.37. The van der Waals surface area contributed by atoms with Crippen LogP contribution in [-0.4, -0.2) is 9.97 Å². The van der Waals surface area contributed by atoms with E-state index in [1.807, 2.05) is 18.2 Å². The zero-order valence-electron chi connectivity index (χ0n) is 11.3. The summed E-state index contributed by atoms with van der Waals surface area (Å²) in [5.74, 6) is 1.43. The second kappa shape index (κ2) is 4.76. The zero-order chi connectivity index (χ0) is 14.0. The van der Waals surface area contributed by atoms with Crippen LogP contribution in [0.4, 0.5) is 11.8 Å². The molecule has 0 atom stereocenters. The summed E-state index contributed by atoms with van der Waals surface area (Å²) in [6, 6.07) is 9.40. The van der Waals surface area contributed by atoms with Crippen molar-refractivity contribution in [2.75, 3.05) is 11.5 Å². The minimum absolute atomic E-state index is 0.0586. The van der Waals surface area contributed by atoms with Gasteiger partial charge in [0.05, 0.1) is 0 Å². The molecule has 1 heterocycles. The molecule has 100 valence electrons. The SMILES string of the molecule is CC(C)(C)c1cccc(Oc2cc(N)nc(N)n2)c1. The number of nitrogens with two attached hydrogens (primary N) is 2. The van der Waals surface area contributed by atoms with Gasteiger partial charge in [-0.1, -0.05) is 32.9 Å². The highest BCUT2D eigenvalue weighted by Crippen LogP contribution is 2.28.